The third kappa shape index (κ3) is 33.8. The highest BCUT2D eigenvalue weighted by molar-refractivity contribution is 7.47. The molecule has 1 aliphatic carbocycles. The number of carbonyl (C=O) groups excluding carboxylic acids is 3. The van der Waals surface area contributed by atoms with Crippen LogP contribution in [0.25, 0.3) is 0 Å². The van der Waals surface area contributed by atoms with E-state index in [1.807, 2.05) is 0 Å². The summed E-state index contributed by atoms with van der Waals surface area (Å²) in [4.78, 5) is 65.6. The van der Waals surface area contributed by atoms with Gasteiger partial charge >= 0.3 is 27.6 Å². The molecule has 16 nitrogen and oxygen atoms in total. The number of allylic oxidation sites excluding steroid dienone is 1. The normalized spacial score (nSPS) is 19.3. The average molecular weight is 957 g/mol. The van der Waals surface area contributed by atoms with Crippen LogP contribution in [-0.2, 0) is 46.6 Å². The highest BCUT2D eigenvalue weighted by Crippen LogP contribution is 2.44. The molecule has 0 radical (unpaired) electrons. The molecule has 1 aliphatic rings. The number of ether oxygens (including phenoxy) is 2. The average Bonchev–Trinajstić information content (AvgIpc) is 3.50. The van der Waals surface area contributed by atoms with Crippen LogP contribution in [-0.4, -0.2) is 98.6 Å². The molecule has 0 aromatic rings. The molecule has 0 aliphatic heterocycles. The molecule has 0 aromatic carbocycles. The Morgan fingerprint density at radius 1 is 0.672 bits per heavy atom. The summed E-state index contributed by atoms with van der Waals surface area (Å²) in [5.41, 5.74) is 0. The summed E-state index contributed by atoms with van der Waals surface area (Å²) < 4.78 is 47.9. The largest absolute Gasteiger partial charge is 0.472 e. The molecule has 0 saturated heterocycles. The van der Waals surface area contributed by atoms with Crippen molar-refractivity contribution < 1.29 is 76.6 Å². The Hall–Kier alpha value is -1.55. The van der Waals surface area contributed by atoms with Gasteiger partial charge in [-0.1, -0.05) is 161 Å². The molecule has 1 rings (SSSR count). The molecule has 0 heterocycles. The molecule has 1 saturated carbocycles. The van der Waals surface area contributed by atoms with Crippen LogP contribution >= 0.6 is 15.6 Å². The monoisotopic (exact) mass is 957 g/mol. The van der Waals surface area contributed by atoms with Gasteiger partial charge in [-0.15, -0.1) is 0 Å². The number of hydrogen-bond donors (Lipinski definition) is 6. The van der Waals surface area contributed by atoms with Crippen LogP contribution in [0, 0.1) is 17.8 Å². The van der Waals surface area contributed by atoms with Crippen molar-refractivity contribution in [3.63, 3.8) is 0 Å². The van der Waals surface area contributed by atoms with Gasteiger partial charge in [0.25, 0.3) is 0 Å². The zero-order chi connectivity index (χ0) is 47.6. The summed E-state index contributed by atoms with van der Waals surface area (Å²) in [6, 6.07) is 0. The van der Waals surface area contributed by atoms with Crippen LogP contribution in [0.15, 0.2) is 12.2 Å². The van der Waals surface area contributed by atoms with E-state index in [0.717, 1.165) is 50.9 Å². The SMILES string of the molecule is CCCCC[C@H](O)/C=C/[C@H]1C(=O)C[C@H](O)[C@@H]1CCCCCCC(=O)O[C@H](COC(=O)CCCCCCCCCCCCCCCCC(C)C)COP(=O)(O)OC[C@@H](O)COP(=O)(O)O. The van der Waals surface area contributed by atoms with Crippen LogP contribution in [0.5, 0.6) is 0 Å². The van der Waals surface area contributed by atoms with Crippen LogP contribution in [0.2, 0.25) is 0 Å². The maximum atomic E-state index is 12.8. The lowest BCUT2D eigenvalue weighted by molar-refractivity contribution is -0.161. The molecule has 7 atom stereocenters. The van der Waals surface area contributed by atoms with Crippen LogP contribution in [0.3, 0.4) is 0 Å². The minimum atomic E-state index is -4.90. The van der Waals surface area contributed by atoms with E-state index in [9.17, 15) is 43.7 Å². The van der Waals surface area contributed by atoms with Crippen molar-refractivity contribution in [3.05, 3.63) is 12.2 Å². The molecule has 0 aromatic heterocycles. The molecular weight excluding hydrogens is 870 g/mol. The van der Waals surface area contributed by atoms with Crippen molar-refractivity contribution in [3.8, 4) is 0 Å². The van der Waals surface area contributed by atoms with Crippen molar-refractivity contribution >= 4 is 33.4 Å². The molecule has 0 bridgehead atoms. The fourth-order valence-corrected chi connectivity index (χ4v) is 8.89. The predicted octanol–water partition coefficient (Wildman–Crippen LogP) is 9.35. The Morgan fingerprint density at radius 2 is 1.17 bits per heavy atom. The molecule has 1 fully saturated rings. The van der Waals surface area contributed by atoms with Crippen LogP contribution < -0.4 is 0 Å². The van der Waals surface area contributed by atoms with E-state index in [1.165, 1.54) is 70.6 Å². The topological polar surface area (TPSA) is 253 Å². The highest BCUT2D eigenvalue weighted by Gasteiger charge is 2.39. The summed E-state index contributed by atoms with van der Waals surface area (Å²) in [5.74, 6) is -1.10. The number of Topliss-reactive ketones (excluding diaryl/α,β-unsaturated/α-hetero) is 1. The Kier molecular flexibility index (Phi) is 34.5. The molecule has 376 valence electrons. The zero-order valence-corrected chi connectivity index (χ0v) is 41.1. The quantitative estimate of drug-likeness (QED) is 0.0144. The van der Waals surface area contributed by atoms with Gasteiger partial charge in [0.2, 0.25) is 0 Å². The maximum Gasteiger partial charge on any atom is 0.472 e. The minimum Gasteiger partial charge on any atom is -0.462 e. The molecule has 1 unspecified atom stereocenters. The van der Waals surface area contributed by atoms with Gasteiger partial charge in [0.15, 0.2) is 6.10 Å². The summed E-state index contributed by atoms with van der Waals surface area (Å²) in [7, 11) is -9.77. The first kappa shape index (κ1) is 60.5. The molecular formula is C46H86O16P2. The van der Waals surface area contributed by atoms with Gasteiger partial charge in [-0.25, -0.2) is 9.13 Å². The number of rotatable bonds is 42. The Bertz CT molecular complexity index is 1360. The van der Waals surface area contributed by atoms with Crippen LogP contribution in [0.4, 0.5) is 0 Å². The van der Waals surface area contributed by atoms with Gasteiger partial charge in [-0.2, -0.15) is 0 Å². The number of aliphatic hydroxyl groups is 3. The standard InChI is InChI=1S/C46H86O16P2/c1-4-5-20-26-38(47)30-31-42-41(43(49)32-44(42)50)27-22-18-19-24-29-46(52)62-40(36-61-64(56,57)60-34-39(48)33-59-63(53,54)55)35-58-45(51)28-23-17-15-13-11-9-7-6-8-10-12-14-16-21-25-37(2)3/h30-31,37-43,47-49H,4-29,32-36H2,1-3H3,(H,56,57)(H2,53,54,55)/b31-30+/t38-,39-,40+,41+,42+,43-/m0/s1. The Labute approximate surface area is 383 Å². The lowest BCUT2D eigenvalue weighted by atomic mass is 9.88. The van der Waals surface area contributed by atoms with Gasteiger partial charge in [0, 0.05) is 25.2 Å². The van der Waals surface area contributed by atoms with Crippen LogP contribution in [0.1, 0.15) is 194 Å². The summed E-state index contributed by atoms with van der Waals surface area (Å²) in [6.07, 6.45) is 23.9. The van der Waals surface area contributed by atoms with E-state index < -0.39 is 84.3 Å². The van der Waals surface area contributed by atoms with Crippen molar-refractivity contribution in [2.75, 3.05) is 26.4 Å². The van der Waals surface area contributed by atoms with E-state index in [1.54, 1.807) is 12.2 Å². The maximum absolute atomic E-state index is 12.8. The lowest BCUT2D eigenvalue weighted by Crippen LogP contribution is -2.30. The second-order valence-electron chi connectivity index (χ2n) is 18.0. The van der Waals surface area contributed by atoms with E-state index in [0.29, 0.717) is 38.5 Å². The van der Waals surface area contributed by atoms with Gasteiger partial charge in [0.1, 0.15) is 18.5 Å². The second kappa shape index (κ2) is 36.5. The fraction of sp³-hybridized carbons (Fsp3) is 0.891. The van der Waals surface area contributed by atoms with Crippen molar-refractivity contribution in [2.24, 2.45) is 17.8 Å². The first-order valence-electron chi connectivity index (χ1n) is 24.3. The van der Waals surface area contributed by atoms with Crippen molar-refractivity contribution in [1.29, 1.82) is 0 Å². The fourth-order valence-electron chi connectivity index (χ4n) is 7.73. The summed E-state index contributed by atoms with van der Waals surface area (Å²) in [6.45, 7) is 3.74. The molecule has 18 heteroatoms. The third-order valence-corrected chi connectivity index (χ3v) is 12.9. The minimum absolute atomic E-state index is 0.00596. The number of unbranched alkanes of at least 4 members (excludes halogenated alkanes) is 18. The number of phosphoric ester groups is 2. The Morgan fingerprint density at radius 3 is 1.73 bits per heavy atom. The molecule has 6 N–H and O–H groups in total. The Balaban J connectivity index is 2.49. The number of hydrogen-bond acceptors (Lipinski definition) is 13. The molecule has 0 spiro atoms. The number of esters is 2. The predicted molar refractivity (Wildman–Crippen MR) is 245 cm³/mol. The second-order valence-corrected chi connectivity index (χ2v) is 20.7. The van der Waals surface area contributed by atoms with Gasteiger partial charge in [-0.05, 0) is 37.5 Å². The third-order valence-electron chi connectivity index (χ3n) is 11.5. The smallest absolute Gasteiger partial charge is 0.462 e. The van der Waals surface area contributed by atoms with Crippen molar-refractivity contribution in [1.82, 2.24) is 0 Å². The number of aliphatic hydroxyl groups excluding tert-OH is 3. The number of carbonyl (C=O) groups is 3. The van der Waals surface area contributed by atoms with Gasteiger partial charge < -0.3 is 39.5 Å². The summed E-state index contributed by atoms with van der Waals surface area (Å²) in [5, 5.41) is 30.6. The highest BCUT2D eigenvalue weighted by atomic mass is 31.2. The van der Waals surface area contributed by atoms with E-state index >= 15 is 0 Å². The van der Waals surface area contributed by atoms with E-state index in [4.69, 9.17) is 23.8 Å². The number of phosphoric acid groups is 2. The lowest BCUT2D eigenvalue weighted by Gasteiger charge is -2.20. The zero-order valence-electron chi connectivity index (χ0n) is 39.3. The van der Waals surface area contributed by atoms with Gasteiger partial charge in [0.05, 0.1) is 32.0 Å². The van der Waals surface area contributed by atoms with E-state index in [2.05, 4.69) is 29.8 Å². The first-order chi connectivity index (χ1) is 30.4. The molecule has 0 amide bonds. The van der Waals surface area contributed by atoms with Gasteiger partial charge in [-0.3, -0.25) is 28.0 Å². The number of ketones is 1. The van der Waals surface area contributed by atoms with Crippen molar-refractivity contribution in [2.45, 2.75) is 219 Å². The molecule has 64 heavy (non-hydrogen) atoms. The summed E-state index contributed by atoms with van der Waals surface area (Å²) >= 11 is 0. The van der Waals surface area contributed by atoms with E-state index in [-0.39, 0.29) is 31.0 Å². The first-order valence-corrected chi connectivity index (χ1v) is 27.4.